The van der Waals surface area contributed by atoms with Crippen LogP contribution in [0, 0.1) is 20.8 Å². The quantitative estimate of drug-likeness (QED) is 0.307. The van der Waals surface area contributed by atoms with Crippen LogP contribution >= 0.6 is 22.9 Å². The van der Waals surface area contributed by atoms with Gasteiger partial charge in [0.1, 0.15) is 5.56 Å². The smallest absolute Gasteiger partial charge is 0.327 e. The molecule has 1 unspecified atom stereocenters. The number of aromatic nitrogens is 1. The molecule has 0 aliphatic carbocycles. The van der Waals surface area contributed by atoms with Crippen molar-refractivity contribution in [3.63, 3.8) is 0 Å². The molecule has 7 nitrogen and oxygen atoms in total. The second kappa shape index (κ2) is 10.5. The normalized spacial score (nSPS) is 12.6. The van der Waals surface area contributed by atoms with Gasteiger partial charge < -0.3 is 9.26 Å². The van der Waals surface area contributed by atoms with E-state index < -0.39 is 21.7 Å². The molecule has 2 heterocycles. The highest BCUT2D eigenvalue weighted by Crippen LogP contribution is 2.43. The molecule has 0 fully saturated rings. The van der Waals surface area contributed by atoms with Crippen LogP contribution in [0.4, 0.5) is 0 Å². The Bertz CT molecular complexity index is 1240. The Balaban J connectivity index is 1.87. The van der Waals surface area contributed by atoms with Crippen molar-refractivity contribution < 1.29 is 23.1 Å². The number of esters is 1. The van der Waals surface area contributed by atoms with Crippen LogP contribution < -0.4 is 9.46 Å². The van der Waals surface area contributed by atoms with Gasteiger partial charge in [0.15, 0.2) is 5.78 Å². The Morgan fingerprint density at radius 3 is 2.44 bits per heavy atom. The number of nitrogens with zero attached hydrogens (tertiary/aromatic N) is 1. The van der Waals surface area contributed by atoms with Gasteiger partial charge in [0.05, 0.1) is 32.7 Å². The summed E-state index contributed by atoms with van der Waals surface area (Å²) in [6.45, 7) is 11.2. The van der Waals surface area contributed by atoms with Crippen molar-refractivity contribution in [2.24, 2.45) is 0 Å². The van der Waals surface area contributed by atoms with E-state index in [4.69, 9.17) is 20.9 Å². The first-order valence-electron chi connectivity index (χ1n) is 10.6. The predicted molar refractivity (Wildman–Crippen MR) is 135 cm³/mol. The molecule has 0 amide bonds. The summed E-state index contributed by atoms with van der Waals surface area (Å²) in [4.78, 5) is 27.4. The van der Waals surface area contributed by atoms with E-state index in [1.807, 2.05) is 34.6 Å². The van der Waals surface area contributed by atoms with Crippen LogP contribution in [-0.2, 0) is 15.8 Å². The first kappa shape index (κ1) is 26.3. The summed E-state index contributed by atoms with van der Waals surface area (Å²) in [5, 5.41) is 4.51. The molecule has 1 atom stereocenters. The van der Waals surface area contributed by atoms with E-state index in [0.29, 0.717) is 32.3 Å². The van der Waals surface area contributed by atoms with E-state index in [9.17, 15) is 13.8 Å². The number of thiophene rings is 1. The molecule has 34 heavy (non-hydrogen) atoms. The zero-order valence-corrected chi connectivity index (χ0v) is 22.3. The topological polar surface area (TPSA) is 98.5 Å². The fraction of sp³-hybridized carbons (Fsp3) is 0.375. The van der Waals surface area contributed by atoms with E-state index in [2.05, 4.69) is 9.88 Å². The fourth-order valence-electron chi connectivity index (χ4n) is 3.11. The van der Waals surface area contributed by atoms with Gasteiger partial charge in [-0.3, -0.25) is 9.59 Å². The number of hydrogen-bond acceptors (Lipinski definition) is 7. The highest BCUT2D eigenvalue weighted by Gasteiger charge is 2.29. The first-order valence-corrected chi connectivity index (χ1v) is 13.0. The molecule has 0 saturated carbocycles. The van der Waals surface area contributed by atoms with Crippen molar-refractivity contribution in [2.45, 2.75) is 52.7 Å². The van der Waals surface area contributed by atoms with Gasteiger partial charge >= 0.3 is 11.9 Å². The number of hydrogen-bond donors (Lipinski definition) is 1. The number of aryl methyl sites for hydroxylation is 2. The predicted octanol–water partition coefficient (Wildman–Crippen LogP) is 5.56. The molecule has 3 rings (SSSR count). The Labute approximate surface area is 210 Å². The lowest BCUT2D eigenvalue weighted by atomic mass is 9.97. The number of rotatable bonds is 8. The Morgan fingerprint density at radius 2 is 1.82 bits per heavy atom. The van der Waals surface area contributed by atoms with Crippen LogP contribution in [0.1, 0.15) is 59.2 Å². The number of carbonyl (C=O) groups excluding carboxylic acids is 2. The molecule has 1 aromatic carbocycles. The van der Waals surface area contributed by atoms with Crippen molar-refractivity contribution in [2.75, 3.05) is 6.54 Å². The molecule has 0 saturated heterocycles. The molecule has 0 aliphatic rings. The third-order valence-electron chi connectivity index (χ3n) is 5.10. The molecular formula is C24H27ClN2O5S2. The Hall–Kier alpha value is -2.33. The number of halogens is 1. The highest BCUT2D eigenvalue weighted by molar-refractivity contribution is 7.84. The number of nitrogens with one attached hydrogen (secondary N) is 1. The minimum Gasteiger partial charge on any atom is -0.391 e. The third kappa shape index (κ3) is 5.83. The minimum atomic E-state index is -1.30. The summed E-state index contributed by atoms with van der Waals surface area (Å²) in [6, 6.07) is 6.69. The zero-order chi connectivity index (χ0) is 25.2. The molecule has 0 spiro atoms. The van der Waals surface area contributed by atoms with Gasteiger partial charge in [0, 0.05) is 27.6 Å². The van der Waals surface area contributed by atoms with Crippen molar-refractivity contribution in [3.05, 3.63) is 56.5 Å². The van der Waals surface area contributed by atoms with Gasteiger partial charge in [-0.2, -0.15) is 0 Å². The SMILES string of the molecule is Cc1noc(OC(=O)CCNS(=O)C(C)(C)C)c1-c1sc(C)c(C)c1C(=O)c1ccc(Cl)cc1. The van der Waals surface area contributed by atoms with E-state index >= 15 is 0 Å². The lowest BCUT2D eigenvalue weighted by Gasteiger charge is -2.17. The lowest BCUT2D eigenvalue weighted by Crippen LogP contribution is -2.34. The van der Waals surface area contributed by atoms with Crippen LogP contribution in [0.25, 0.3) is 10.4 Å². The standard InChI is InChI=1S/C24H27ClN2O5S2/c1-13-15(3)33-22(19(13)21(29)16-7-9-17(25)10-8-16)20-14(2)27-32-23(20)31-18(28)11-12-26-34(30)24(4,5)6/h7-10,26H,11-12H2,1-6H3. The molecule has 182 valence electrons. The summed E-state index contributed by atoms with van der Waals surface area (Å²) >= 11 is 7.39. The third-order valence-corrected chi connectivity index (χ3v) is 8.16. The van der Waals surface area contributed by atoms with Crippen LogP contribution in [0.5, 0.6) is 5.95 Å². The number of benzene rings is 1. The summed E-state index contributed by atoms with van der Waals surface area (Å²) in [7, 11) is -1.30. The number of ether oxygens (including phenoxy) is 1. The highest BCUT2D eigenvalue weighted by atomic mass is 35.5. The minimum absolute atomic E-state index is 0.0138. The maximum absolute atomic E-state index is 13.4. The molecule has 0 bridgehead atoms. The summed E-state index contributed by atoms with van der Waals surface area (Å²) < 4.78 is 25.3. The lowest BCUT2D eigenvalue weighted by molar-refractivity contribution is -0.135. The van der Waals surface area contributed by atoms with Gasteiger partial charge in [-0.05, 0) is 71.4 Å². The molecule has 10 heteroatoms. The van der Waals surface area contributed by atoms with Crippen molar-refractivity contribution in [1.29, 1.82) is 0 Å². The average Bonchev–Trinajstić information content (AvgIpc) is 3.25. The van der Waals surface area contributed by atoms with Crippen molar-refractivity contribution in [1.82, 2.24) is 9.88 Å². The van der Waals surface area contributed by atoms with E-state index in [1.54, 1.807) is 31.2 Å². The monoisotopic (exact) mass is 522 g/mol. The largest absolute Gasteiger partial charge is 0.391 e. The van der Waals surface area contributed by atoms with Crippen LogP contribution in [-0.4, -0.2) is 32.4 Å². The Morgan fingerprint density at radius 1 is 1.18 bits per heavy atom. The van der Waals surface area contributed by atoms with Crippen molar-refractivity contribution in [3.8, 4) is 16.4 Å². The summed E-state index contributed by atoms with van der Waals surface area (Å²) in [6.07, 6.45) is -0.0138. The van der Waals surface area contributed by atoms with E-state index in [0.717, 1.165) is 10.4 Å². The molecule has 0 aliphatic heterocycles. The number of carbonyl (C=O) groups is 2. The Kier molecular flexibility index (Phi) is 8.13. The van der Waals surface area contributed by atoms with Crippen LogP contribution in [0.3, 0.4) is 0 Å². The van der Waals surface area contributed by atoms with Gasteiger partial charge in [-0.1, -0.05) is 16.8 Å². The molecule has 2 aromatic heterocycles. The first-order chi connectivity index (χ1) is 15.9. The maximum Gasteiger partial charge on any atom is 0.327 e. The second-order valence-electron chi connectivity index (χ2n) is 8.75. The number of ketones is 1. The molecule has 1 N–H and O–H groups in total. The molecular weight excluding hydrogens is 496 g/mol. The van der Waals surface area contributed by atoms with E-state index in [-0.39, 0.29) is 24.7 Å². The average molecular weight is 523 g/mol. The molecule has 3 aromatic rings. The van der Waals surface area contributed by atoms with Crippen LogP contribution in [0.2, 0.25) is 5.02 Å². The summed E-state index contributed by atoms with van der Waals surface area (Å²) in [5.41, 5.74) is 2.82. The zero-order valence-electron chi connectivity index (χ0n) is 19.9. The van der Waals surface area contributed by atoms with E-state index in [1.165, 1.54) is 11.3 Å². The van der Waals surface area contributed by atoms with Crippen molar-refractivity contribution >= 4 is 45.7 Å². The second-order valence-corrected chi connectivity index (χ2v) is 12.5. The van der Waals surface area contributed by atoms with Crippen LogP contribution in [0.15, 0.2) is 28.8 Å². The summed E-state index contributed by atoms with van der Waals surface area (Å²) in [5.74, 6) is -0.794. The molecule has 0 radical (unpaired) electrons. The van der Waals surface area contributed by atoms with Gasteiger partial charge in [-0.25, -0.2) is 8.93 Å². The fourth-order valence-corrected chi connectivity index (χ4v) is 5.20. The van der Waals surface area contributed by atoms with Gasteiger partial charge in [0.25, 0.3) is 0 Å². The maximum atomic E-state index is 13.4. The van der Waals surface area contributed by atoms with Gasteiger partial charge in [0.2, 0.25) is 0 Å². The van der Waals surface area contributed by atoms with Gasteiger partial charge in [-0.15, -0.1) is 11.3 Å².